The Morgan fingerprint density at radius 3 is 2.90 bits per heavy atom. The first kappa shape index (κ1) is 13.4. The van der Waals surface area contributed by atoms with Crippen molar-refractivity contribution in [2.45, 2.75) is 13.5 Å². The molecule has 0 amide bonds. The lowest BCUT2D eigenvalue weighted by molar-refractivity contribution is 0.397. The van der Waals surface area contributed by atoms with Crippen molar-refractivity contribution in [2.24, 2.45) is 0 Å². The van der Waals surface area contributed by atoms with Crippen LogP contribution in [0.5, 0.6) is 5.88 Å². The van der Waals surface area contributed by atoms with Crippen molar-refractivity contribution in [3.8, 4) is 5.88 Å². The second-order valence-electron chi connectivity index (χ2n) is 4.98. The fourth-order valence-corrected chi connectivity index (χ4v) is 2.21. The van der Waals surface area contributed by atoms with Gasteiger partial charge in [-0.15, -0.1) is 0 Å². The molecule has 0 atom stereocenters. The summed E-state index contributed by atoms with van der Waals surface area (Å²) < 4.78 is 5.12. The number of aromatic amines is 1. The highest BCUT2D eigenvalue weighted by Crippen LogP contribution is 2.18. The van der Waals surface area contributed by atoms with Crippen LogP contribution < -0.4 is 9.64 Å². The van der Waals surface area contributed by atoms with Crippen LogP contribution >= 0.6 is 0 Å². The summed E-state index contributed by atoms with van der Waals surface area (Å²) in [6, 6.07) is 7.98. The van der Waals surface area contributed by atoms with E-state index in [2.05, 4.69) is 39.0 Å². The fraction of sp³-hybridized carbons (Fsp3) is 0.267. The number of hydrogen-bond donors (Lipinski definition) is 1. The highest BCUT2D eigenvalue weighted by Gasteiger charge is 2.09. The van der Waals surface area contributed by atoms with Gasteiger partial charge in [0.05, 0.1) is 24.7 Å². The number of ether oxygens (including phenoxy) is 1. The Kier molecular flexibility index (Phi) is 3.43. The molecule has 0 aliphatic carbocycles. The van der Waals surface area contributed by atoms with Gasteiger partial charge in [-0.05, 0) is 24.6 Å². The second-order valence-corrected chi connectivity index (χ2v) is 4.98. The molecule has 0 fully saturated rings. The van der Waals surface area contributed by atoms with Crippen molar-refractivity contribution in [1.29, 1.82) is 0 Å². The number of H-pyrrole nitrogens is 1. The van der Waals surface area contributed by atoms with Crippen LogP contribution in [-0.2, 0) is 6.54 Å². The van der Waals surface area contributed by atoms with E-state index < -0.39 is 0 Å². The lowest BCUT2D eigenvalue weighted by atomic mass is 10.2. The van der Waals surface area contributed by atoms with E-state index in [-0.39, 0.29) is 0 Å². The molecule has 6 nitrogen and oxygen atoms in total. The van der Waals surface area contributed by atoms with Gasteiger partial charge in [0.25, 0.3) is 0 Å². The van der Waals surface area contributed by atoms with Crippen LogP contribution in [0.3, 0.4) is 0 Å². The van der Waals surface area contributed by atoms with Crippen LogP contribution in [0.2, 0.25) is 0 Å². The Hall–Kier alpha value is -2.63. The average Bonchev–Trinajstić information content (AvgIpc) is 2.88. The molecule has 21 heavy (non-hydrogen) atoms. The maximum atomic E-state index is 5.12. The van der Waals surface area contributed by atoms with Crippen LogP contribution in [0, 0.1) is 6.92 Å². The minimum atomic E-state index is 0.548. The molecule has 0 saturated carbocycles. The normalized spacial score (nSPS) is 10.8. The van der Waals surface area contributed by atoms with Crippen molar-refractivity contribution < 1.29 is 4.74 Å². The van der Waals surface area contributed by atoms with Crippen LogP contribution in [-0.4, -0.2) is 34.1 Å². The maximum absolute atomic E-state index is 5.12. The fourth-order valence-electron chi connectivity index (χ4n) is 2.21. The molecule has 3 rings (SSSR count). The SMILES string of the molecule is COc1cc(N(C)Cc2nc3ccc(C)cc3[nH]2)ncn1. The predicted octanol–water partition coefficient (Wildman–Crippen LogP) is 2.31. The Bertz CT molecular complexity index is 768. The average molecular weight is 283 g/mol. The van der Waals surface area contributed by atoms with E-state index in [1.165, 1.54) is 11.9 Å². The summed E-state index contributed by atoms with van der Waals surface area (Å²) in [5, 5.41) is 0. The van der Waals surface area contributed by atoms with E-state index in [0.29, 0.717) is 12.4 Å². The quantitative estimate of drug-likeness (QED) is 0.796. The van der Waals surface area contributed by atoms with Crippen LogP contribution in [0.1, 0.15) is 11.4 Å². The number of nitrogens with one attached hydrogen (secondary N) is 1. The first-order valence-electron chi connectivity index (χ1n) is 6.68. The summed E-state index contributed by atoms with van der Waals surface area (Å²) in [6.45, 7) is 2.70. The standard InChI is InChI=1S/C15H17N5O/c1-10-4-5-11-12(6-10)19-13(18-11)8-20(2)14-7-15(21-3)17-9-16-14/h4-7,9H,8H2,1-3H3,(H,18,19). The molecule has 0 saturated heterocycles. The molecule has 0 radical (unpaired) electrons. The van der Waals surface area contributed by atoms with Crippen LogP contribution in [0.15, 0.2) is 30.6 Å². The maximum Gasteiger partial charge on any atom is 0.218 e. The molecule has 6 heteroatoms. The molecule has 2 heterocycles. The first-order valence-corrected chi connectivity index (χ1v) is 6.68. The number of anilines is 1. The molecule has 1 N–H and O–H groups in total. The lowest BCUT2D eigenvalue weighted by Crippen LogP contribution is -2.18. The molecule has 108 valence electrons. The summed E-state index contributed by atoms with van der Waals surface area (Å²) in [4.78, 5) is 18.2. The Morgan fingerprint density at radius 2 is 2.10 bits per heavy atom. The second kappa shape index (κ2) is 5.40. The molecule has 0 bridgehead atoms. The zero-order chi connectivity index (χ0) is 14.8. The van der Waals surface area contributed by atoms with Crippen molar-refractivity contribution in [3.63, 3.8) is 0 Å². The monoisotopic (exact) mass is 283 g/mol. The number of imidazole rings is 1. The van der Waals surface area contributed by atoms with Gasteiger partial charge in [-0.1, -0.05) is 6.07 Å². The molecule has 3 aromatic rings. The summed E-state index contributed by atoms with van der Waals surface area (Å²) in [5.41, 5.74) is 3.24. The largest absolute Gasteiger partial charge is 0.481 e. The minimum Gasteiger partial charge on any atom is -0.481 e. The third kappa shape index (κ3) is 2.79. The minimum absolute atomic E-state index is 0.548. The number of aryl methyl sites for hydroxylation is 1. The van der Waals surface area contributed by atoms with Gasteiger partial charge in [-0.25, -0.2) is 15.0 Å². The number of nitrogens with zero attached hydrogens (tertiary/aromatic N) is 4. The molecule has 0 aliphatic rings. The first-order chi connectivity index (χ1) is 10.2. The van der Waals surface area contributed by atoms with Gasteiger partial charge in [0.15, 0.2) is 0 Å². The molecular weight excluding hydrogens is 266 g/mol. The van der Waals surface area contributed by atoms with Crippen LogP contribution in [0.25, 0.3) is 11.0 Å². The number of rotatable bonds is 4. The zero-order valence-electron chi connectivity index (χ0n) is 12.3. The summed E-state index contributed by atoms with van der Waals surface area (Å²) in [6.07, 6.45) is 1.49. The van der Waals surface area contributed by atoms with Gasteiger partial charge in [-0.2, -0.15) is 0 Å². The molecule has 0 spiro atoms. The topological polar surface area (TPSA) is 66.9 Å². The van der Waals surface area contributed by atoms with Gasteiger partial charge in [0, 0.05) is 13.1 Å². The Labute approximate surface area is 122 Å². The third-order valence-corrected chi connectivity index (χ3v) is 3.30. The number of benzene rings is 1. The molecule has 0 aliphatic heterocycles. The third-order valence-electron chi connectivity index (χ3n) is 3.30. The summed E-state index contributed by atoms with van der Waals surface area (Å²) in [5.74, 6) is 2.24. The van der Waals surface area contributed by atoms with Crippen LogP contribution in [0.4, 0.5) is 5.82 Å². The van der Waals surface area contributed by atoms with Crippen molar-refractivity contribution in [3.05, 3.63) is 42.0 Å². The molecular formula is C15H17N5O. The molecule has 0 unspecified atom stereocenters. The predicted molar refractivity (Wildman–Crippen MR) is 81.5 cm³/mol. The zero-order valence-corrected chi connectivity index (χ0v) is 12.3. The Morgan fingerprint density at radius 1 is 1.24 bits per heavy atom. The number of aromatic nitrogens is 4. The van der Waals surface area contributed by atoms with Gasteiger partial charge in [0.2, 0.25) is 5.88 Å². The van der Waals surface area contributed by atoms with Gasteiger partial charge in [-0.3, -0.25) is 0 Å². The summed E-state index contributed by atoms with van der Waals surface area (Å²) in [7, 11) is 3.55. The van der Waals surface area contributed by atoms with E-state index in [1.807, 2.05) is 18.0 Å². The summed E-state index contributed by atoms with van der Waals surface area (Å²) >= 11 is 0. The molecule has 2 aromatic heterocycles. The number of hydrogen-bond acceptors (Lipinski definition) is 5. The highest BCUT2D eigenvalue weighted by molar-refractivity contribution is 5.75. The van der Waals surface area contributed by atoms with Gasteiger partial charge >= 0.3 is 0 Å². The lowest BCUT2D eigenvalue weighted by Gasteiger charge is -2.16. The Balaban J connectivity index is 1.83. The van der Waals surface area contributed by atoms with Crippen molar-refractivity contribution in [2.75, 3.05) is 19.1 Å². The van der Waals surface area contributed by atoms with E-state index in [0.717, 1.165) is 22.7 Å². The van der Waals surface area contributed by atoms with Crippen molar-refractivity contribution >= 4 is 16.9 Å². The molecule has 1 aromatic carbocycles. The smallest absolute Gasteiger partial charge is 0.218 e. The van der Waals surface area contributed by atoms with Gasteiger partial charge in [0.1, 0.15) is 18.0 Å². The highest BCUT2D eigenvalue weighted by atomic mass is 16.5. The number of methoxy groups -OCH3 is 1. The van der Waals surface area contributed by atoms with E-state index >= 15 is 0 Å². The number of fused-ring (bicyclic) bond motifs is 1. The van der Waals surface area contributed by atoms with Crippen molar-refractivity contribution in [1.82, 2.24) is 19.9 Å². The van der Waals surface area contributed by atoms with Gasteiger partial charge < -0.3 is 14.6 Å². The van der Waals surface area contributed by atoms with E-state index in [4.69, 9.17) is 4.74 Å². The van der Waals surface area contributed by atoms with E-state index in [9.17, 15) is 0 Å². The van der Waals surface area contributed by atoms with E-state index in [1.54, 1.807) is 13.2 Å².